The van der Waals surface area contributed by atoms with Crippen molar-refractivity contribution in [1.29, 1.82) is 0 Å². The monoisotopic (exact) mass is 252 g/mol. The van der Waals surface area contributed by atoms with Gasteiger partial charge in [-0.15, -0.1) is 0 Å². The van der Waals surface area contributed by atoms with E-state index in [0.717, 1.165) is 0 Å². The first-order valence-electron chi connectivity index (χ1n) is 3.79. The molecular weight excluding hydrogens is 244 g/mol. The molecule has 1 rings (SSSR count). The molecule has 0 aromatic rings. The van der Waals surface area contributed by atoms with Crippen molar-refractivity contribution in [1.82, 2.24) is 0 Å². The molecule has 2 N–H and O–H groups in total. The van der Waals surface area contributed by atoms with Crippen molar-refractivity contribution in [3.63, 3.8) is 0 Å². The van der Waals surface area contributed by atoms with Crippen LogP contribution >= 0.6 is 0 Å². The minimum atomic E-state index is -4.05. The van der Waals surface area contributed by atoms with Crippen LogP contribution < -0.4 is 5.73 Å². The van der Waals surface area contributed by atoms with Gasteiger partial charge in [0.1, 0.15) is 0 Å². The molecule has 0 aromatic carbocycles. The minimum absolute atomic E-state index is 0.420. The first kappa shape index (κ1) is 11.9. The van der Waals surface area contributed by atoms with Crippen molar-refractivity contribution in [2.75, 3.05) is 5.75 Å². The SMILES string of the molecule is CCS(=O)(=O)C(=O)C1=C(N)S(=O)(=O)N=C1. The normalized spacial score (nSPS) is 19.5. The zero-order valence-electron chi connectivity index (χ0n) is 7.67. The average Bonchev–Trinajstić information content (AvgIpc) is 2.41. The van der Waals surface area contributed by atoms with Crippen molar-refractivity contribution in [2.24, 2.45) is 10.1 Å². The van der Waals surface area contributed by atoms with Crippen molar-refractivity contribution in [2.45, 2.75) is 6.92 Å². The standard InChI is InChI=1S/C6H8N2O5S2/c1-2-14(10,11)6(9)4-3-8-15(12,13)5(4)7/h3H,2,7H2,1H3. The van der Waals surface area contributed by atoms with E-state index in [4.69, 9.17) is 5.73 Å². The molecule has 0 unspecified atom stereocenters. The summed E-state index contributed by atoms with van der Waals surface area (Å²) in [7, 11) is -8.04. The molecule has 1 heterocycles. The Labute approximate surface area is 86.7 Å². The molecule has 0 atom stereocenters. The number of nitrogens with zero attached hydrogens (tertiary/aromatic N) is 1. The molecule has 7 nitrogen and oxygen atoms in total. The quantitative estimate of drug-likeness (QED) is 0.640. The summed E-state index contributed by atoms with van der Waals surface area (Å²) in [5, 5.41) is -2.13. The molecule has 1 aliphatic rings. The fourth-order valence-corrected chi connectivity index (χ4v) is 2.44. The Kier molecular flexibility index (Phi) is 2.70. The Bertz CT molecular complexity index is 567. The lowest BCUT2D eigenvalue weighted by molar-refractivity contribution is -0.108. The van der Waals surface area contributed by atoms with Crippen LogP contribution in [-0.2, 0) is 24.7 Å². The summed E-state index contributed by atoms with van der Waals surface area (Å²) in [6.07, 6.45) is 0.653. The van der Waals surface area contributed by atoms with Gasteiger partial charge >= 0.3 is 0 Å². The lowest BCUT2D eigenvalue weighted by Crippen LogP contribution is -2.22. The predicted octanol–water partition coefficient (Wildman–Crippen LogP) is -1.47. The predicted molar refractivity (Wildman–Crippen MR) is 53.1 cm³/mol. The molecule has 9 heteroatoms. The van der Waals surface area contributed by atoms with Gasteiger partial charge in [-0.1, -0.05) is 6.92 Å². The maximum atomic E-state index is 11.3. The van der Waals surface area contributed by atoms with Crippen LogP contribution in [0.25, 0.3) is 0 Å². The molecule has 0 saturated carbocycles. The number of rotatable bonds is 2. The van der Waals surface area contributed by atoms with Crippen LogP contribution in [0.2, 0.25) is 0 Å². The summed E-state index contributed by atoms with van der Waals surface area (Å²) >= 11 is 0. The summed E-state index contributed by atoms with van der Waals surface area (Å²) in [6.45, 7) is 1.27. The summed E-state index contributed by atoms with van der Waals surface area (Å²) in [5.41, 5.74) is 4.50. The van der Waals surface area contributed by atoms with Gasteiger partial charge in [0.25, 0.3) is 15.1 Å². The highest BCUT2D eigenvalue weighted by molar-refractivity contribution is 8.06. The molecule has 1 aliphatic heterocycles. The van der Waals surface area contributed by atoms with Crippen LogP contribution in [0, 0.1) is 0 Å². The maximum Gasteiger partial charge on any atom is 0.298 e. The van der Waals surface area contributed by atoms with Gasteiger partial charge in [-0.2, -0.15) is 12.8 Å². The molecule has 0 bridgehead atoms. The van der Waals surface area contributed by atoms with Crippen LogP contribution in [0.3, 0.4) is 0 Å². The van der Waals surface area contributed by atoms with E-state index >= 15 is 0 Å². The highest BCUT2D eigenvalue weighted by Gasteiger charge is 2.33. The number of hydrogen-bond acceptors (Lipinski definition) is 6. The lowest BCUT2D eigenvalue weighted by atomic mass is 10.3. The molecule has 84 valence electrons. The zero-order valence-corrected chi connectivity index (χ0v) is 9.30. The molecule has 0 spiro atoms. The van der Waals surface area contributed by atoms with E-state index in [2.05, 4.69) is 4.40 Å². The van der Waals surface area contributed by atoms with Gasteiger partial charge in [-0.3, -0.25) is 4.79 Å². The third-order valence-corrected chi connectivity index (χ3v) is 4.45. The first-order chi connectivity index (χ1) is 6.72. The van der Waals surface area contributed by atoms with Crippen LogP contribution in [0.1, 0.15) is 6.92 Å². The van der Waals surface area contributed by atoms with E-state index in [1.807, 2.05) is 0 Å². The minimum Gasteiger partial charge on any atom is -0.387 e. The van der Waals surface area contributed by atoms with Gasteiger partial charge in [0, 0.05) is 0 Å². The maximum absolute atomic E-state index is 11.3. The Morgan fingerprint density at radius 2 is 2.07 bits per heavy atom. The van der Waals surface area contributed by atoms with Gasteiger partial charge < -0.3 is 5.73 Å². The number of hydrogen-bond donors (Lipinski definition) is 1. The molecule has 0 fully saturated rings. The van der Waals surface area contributed by atoms with Crippen molar-refractivity contribution < 1.29 is 21.6 Å². The van der Waals surface area contributed by atoms with E-state index < -0.39 is 41.3 Å². The summed E-state index contributed by atoms with van der Waals surface area (Å²) in [5.74, 6) is -0.420. The number of carbonyl (C=O) groups excluding carboxylic acids is 1. The molecule has 0 aromatic heterocycles. The molecule has 0 amide bonds. The second kappa shape index (κ2) is 3.42. The van der Waals surface area contributed by atoms with Crippen LogP contribution in [0.4, 0.5) is 0 Å². The Hall–Kier alpha value is -1.22. The van der Waals surface area contributed by atoms with Crippen LogP contribution in [0.5, 0.6) is 0 Å². The van der Waals surface area contributed by atoms with Gasteiger partial charge in [-0.05, 0) is 0 Å². The fourth-order valence-electron chi connectivity index (χ4n) is 0.833. The zero-order chi connectivity index (χ0) is 11.9. The molecular formula is C6H8N2O5S2. The smallest absolute Gasteiger partial charge is 0.298 e. The molecule has 0 aliphatic carbocycles. The fraction of sp³-hybridized carbons (Fsp3) is 0.333. The first-order valence-corrected chi connectivity index (χ1v) is 6.89. The lowest BCUT2D eigenvalue weighted by Gasteiger charge is -1.99. The average molecular weight is 252 g/mol. The van der Waals surface area contributed by atoms with E-state index in [1.165, 1.54) is 6.92 Å². The topological polar surface area (TPSA) is 124 Å². The Morgan fingerprint density at radius 3 is 2.40 bits per heavy atom. The van der Waals surface area contributed by atoms with Gasteiger partial charge in [0.2, 0.25) is 9.84 Å². The second-order valence-corrected chi connectivity index (χ2v) is 6.46. The molecule has 0 saturated heterocycles. The van der Waals surface area contributed by atoms with E-state index in [-0.39, 0.29) is 0 Å². The summed E-state index contributed by atoms with van der Waals surface area (Å²) in [6, 6.07) is 0. The van der Waals surface area contributed by atoms with E-state index in [0.29, 0.717) is 6.21 Å². The van der Waals surface area contributed by atoms with Gasteiger partial charge in [-0.25, -0.2) is 8.42 Å². The van der Waals surface area contributed by atoms with Crippen molar-refractivity contribution in [3.8, 4) is 0 Å². The third-order valence-electron chi connectivity index (χ3n) is 1.75. The van der Waals surface area contributed by atoms with E-state index in [1.54, 1.807) is 0 Å². The summed E-state index contributed by atoms with van der Waals surface area (Å²) < 4.78 is 47.2. The number of nitrogens with two attached hydrogens (primary N) is 1. The Balaban J connectivity index is 3.32. The largest absolute Gasteiger partial charge is 0.387 e. The van der Waals surface area contributed by atoms with Crippen LogP contribution in [0.15, 0.2) is 15.0 Å². The van der Waals surface area contributed by atoms with Gasteiger partial charge in [0.05, 0.1) is 17.5 Å². The number of sulfone groups is 1. The van der Waals surface area contributed by atoms with Crippen molar-refractivity contribution >= 4 is 31.2 Å². The Morgan fingerprint density at radius 1 is 1.53 bits per heavy atom. The number of sulfonamides is 1. The third kappa shape index (κ3) is 1.92. The van der Waals surface area contributed by atoms with Crippen molar-refractivity contribution in [3.05, 3.63) is 10.6 Å². The van der Waals surface area contributed by atoms with Gasteiger partial charge in [0.15, 0.2) is 5.03 Å². The second-order valence-electron chi connectivity index (χ2n) is 2.68. The highest BCUT2D eigenvalue weighted by atomic mass is 32.2. The molecule has 0 radical (unpaired) electrons. The van der Waals surface area contributed by atoms with E-state index in [9.17, 15) is 21.6 Å². The molecule has 15 heavy (non-hydrogen) atoms. The van der Waals surface area contributed by atoms with Crippen LogP contribution in [-0.4, -0.2) is 33.9 Å². The highest BCUT2D eigenvalue weighted by Crippen LogP contribution is 2.17. The summed E-state index contributed by atoms with van der Waals surface area (Å²) in [4.78, 5) is 11.3. The number of carbonyl (C=O) groups is 1.